The lowest BCUT2D eigenvalue weighted by Crippen LogP contribution is -2.27. The average Bonchev–Trinajstić information content (AvgIpc) is 2.99. The van der Waals surface area contributed by atoms with Gasteiger partial charge in [-0.25, -0.2) is 4.98 Å². The van der Waals surface area contributed by atoms with Crippen LogP contribution in [0.4, 0.5) is 0 Å². The van der Waals surface area contributed by atoms with Crippen LogP contribution in [-0.2, 0) is 6.54 Å². The Morgan fingerprint density at radius 2 is 1.93 bits per heavy atom. The van der Waals surface area contributed by atoms with Crippen molar-refractivity contribution in [2.24, 2.45) is 0 Å². The number of benzene rings is 2. The highest BCUT2D eigenvalue weighted by Crippen LogP contribution is 2.16. The summed E-state index contributed by atoms with van der Waals surface area (Å²) in [6.07, 6.45) is 0.772. The van der Waals surface area contributed by atoms with Gasteiger partial charge in [-0.15, -0.1) is 0 Å². The number of fused-ring (bicyclic) bond motifs is 2. The van der Waals surface area contributed by atoms with Crippen molar-refractivity contribution in [3.8, 4) is 0 Å². The topological polar surface area (TPSA) is 79.8 Å². The molecule has 136 valence electrons. The number of pyridine rings is 1. The monoisotopic (exact) mass is 360 g/mol. The van der Waals surface area contributed by atoms with E-state index in [9.17, 15) is 9.59 Å². The maximum Gasteiger partial charge on any atom is 0.252 e. The molecule has 0 radical (unpaired) electrons. The number of hydrogen-bond acceptors (Lipinski definition) is 3. The Morgan fingerprint density at radius 1 is 1.15 bits per heavy atom. The fraction of sp³-hybridized carbons (Fsp3) is 0.190. The third-order valence-electron chi connectivity index (χ3n) is 4.68. The number of aromatic amines is 1. The van der Waals surface area contributed by atoms with E-state index in [2.05, 4.69) is 25.9 Å². The molecule has 27 heavy (non-hydrogen) atoms. The van der Waals surface area contributed by atoms with Gasteiger partial charge in [0.1, 0.15) is 5.82 Å². The van der Waals surface area contributed by atoms with Crippen molar-refractivity contribution in [1.82, 2.24) is 19.9 Å². The molecule has 2 N–H and O–H groups in total. The minimum atomic E-state index is -0.278. The summed E-state index contributed by atoms with van der Waals surface area (Å²) >= 11 is 0. The van der Waals surface area contributed by atoms with Gasteiger partial charge in [0.15, 0.2) is 0 Å². The number of nitrogens with one attached hydrogen (secondary N) is 2. The average molecular weight is 360 g/mol. The van der Waals surface area contributed by atoms with E-state index in [1.54, 1.807) is 6.07 Å². The van der Waals surface area contributed by atoms with E-state index in [1.165, 1.54) is 6.07 Å². The molecule has 0 saturated heterocycles. The Labute approximate surface area is 155 Å². The van der Waals surface area contributed by atoms with Crippen LogP contribution in [0.1, 0.15) is 22.6 Å². The molecule has 0 aliphatic carbocycles. The maximum atomic E-state index is 12.6. The lowest BCUT2D eigenvalue weighted by atomic mass is 10.1. The summed E-state index contributed by atoms with van der Waals surface area (Å²) < 4.78 is 2.16. The van der Waals surface area contributed by atoms with E-state index in [1.807, 2.05) is 43.3 Å². The van der Waals surface area contributed by atoms with Gasteiger partial charge < -0.3 is 14.9 Å². The highest BCUT2D eigenvalue weighted by molar-refractivity contribution is 6.05. The molecule has 0 saturated carbocycles. The van der Waals surface area contributed by atoms with Crippen molar-refractivity contribution < 1.29 is 4.79 Å². The second kappa shape index (κ2) is 7.07. The minimum absolute atomic E-state index is 0.232. The molecule has 4 rings (SSSR count). The summed E-state index contributed by atoms with van der Waals surface area (Å²) in [7, 11) is 0. The van der Waals surface area contributed by atoms with Crippen LogP contribution in [-0.4, -0.2) is 27.0 Å². The Hall–Kier alpha value is -3.41. The van der Waals surface area contributed by atoms with Gasteiger partial charge in [-0.2, -0.15) is 0 Å². The molecule has 6 heteroatoms. The maximum absolute atomic E-state index is 12.6. The van der Waals surface area contributed by atoms with Gasteiger partial charge in [0, 0.05) is 30.1 Å². The second-order valence-corrected chi connectivity index (χ2v) is 6.50. The molecule has 2 aromatic heterocycles. The molecule has 0 spiro atoms. The number of carbonyl (C=O) groups is 1. The van der Waals surface area contributed by atoms with Crippen molar-refractivity contribution in [3.63, 3.8) is 0 Å². The first-order valence-corrected chi connectivity index (χ1v) is 8.95. The van der Waals surface area contributed by atoms with Crippen molar-refractivity contribution in [3.05, 3.63) is 76.3 Å². The molecule has 0 aliphatic rings. The first-order valence-electron chi connectivity index (χ1n) is 8.95. The highest BCUT2D eigenvalue weighted by Gasteiger charge is 2.11. The molecule has 0 bridgehead atoms. The van der Waals surface area contributed by atoms with Crippen LogP contribution >= 0.6 is 0 Å². The highest BCUT2D eigenvalue weighted by atomic mass is 16.2. The molecule has 0 aliphatic heterocycles. The van der Waals surface area contributed by atoms with E-state index in [0.29, 0.717) is 17.6 Å². The second-order valence-electron chi connectivity index (χ2n) is 6.50. The summed E-state index contributed by atoms with van der Waals surface area (Å²) in [6.45, 7) is 3.27. The number of carbonyl (C=O) groups excluding carboxylic acids is 1. The predicted molar refractivity (Wildman–Crippen MR) is 106 cm³/mol. The number of para-hydroxylation sites is 3. The van der Waals surface area contributed by atoms with Gasteiger partial charge in [0.2, 0.25) is 5.56 Å². The van der Waals surface area contributed by atoms with Crippen LogP contribution in [0, 0.1) is 6.92 Å². The number of imidazole rings is 1. The normalized spacial score (nSPS) is 11.1. The fourth-order valence-corrected chi connectivity index (χ4v) is 3.41. The Balaban J connectivity index is 1.45. The van der Waals surface area contributed by atoms with Crippen molar-refractivity contribution in [2.45, 2.75) is 19.9 Å². The third kappa shape index (κ3) is 3.33. The zero-order chi connectivity index (χ0) is 18.8. The number of rotatable bonds is 5. The summed E-state index contributed by atoms with van der Waals surface area (Å²) in [5.41, 5.74) is 2.87. The third-order valence-corrected chi connectivity index (χ3v) is 4.68. The van der Waals surface area contributed by atoms with Crippen LogP contribution in [0.3, 0.4) is 0 Å². The van der Waals surface area contributed by atoms with Gasteiger partial charge in [0.05, 0.1) is 16.6 Å². The smallest absolute Gasteiger partial charge is 0.252 e. The Morgan fingerprint density at radius 3 is 2.81 bits per heavy atom. The minimum Gasteiger partial charge on any atom is -0.352 e. The van der Waals surface area contributed by atoms with Crippen LogP contribution < -0.4 is 10.9 Å². The Bertz CT molecular complexity index is 1190. The van der Waals surface area contributed by atoms with Crippen LogP contribution in [0.25, 0.3) is 21.9 Å². The first-order chi connectivity index (χ1) is 13.1. The largest absolute Gasteiger partial charge is 0.352 e. The molecule has 0 unspecified atom stereocenters. The number of aryl methyl sites for hydroxylation is 2. The SMILES string of the molecule is Cc1nc2ccccc2n1CCCNC(=O)c1cc(=O)[nH]c2ccccc12. The number of hydrogen-bond donors (Lipinski definition) is 2. The molecule has 2 aromatic carbocycles. The molecule has 6 nitrogen and oxygen atoms in total. The van der Waals surface area contributed by atoms with Gasteiger partial charge in [0.25, 0.3) is 5.91 Å². The first kappa shape index (κ1) is 17.0. The van der Waals surface area contributed by atoms with Crippen LogP contribution in [0.2, 0.25) is 0 Å². The molecular weight excluding hydrogens is 340 g/mol. The number of amides is 1. The lowest BCUT2D eigenvalue weighted by molar-refractivity contribution is 0.0954. The number of aromatic nitrogens is 3. The van der Waals surface area contributed by atoms with Gasteiger partial charge >= 0.3 is 0 Å². The summed E-state index contributed by atoms with van der Waals surface area (Å²) in [6, 6.07) is 16.7. The standard InChI is InChI=1S/C21H20N4O2/c1-14-23-18-9-4-5-10-19(18)25(14)12-6-11-22-21(27)16-13-20(26)24-17-8-3-2-7-15(16)17/h2-5,7-10,13H,6,11-12H2,1H3,(H,22,27)(H,24,26). The summed E-state index contributed by atoms with van der Waals surface area (Å²) in [4.78, 5) is 31.7. The number of nitrogens with zero attached hydrogens (tertiary/aromatic N) is 2. The van der Waals surface area contributed by atoms with E-state index in [0.717, 1.165) is 35.2 Å². The van der Waals surface area contributed by atoms with Gasteiger partial charge in [-0.3, -0.25) is 9.59 Å². The zero-order valence-corrected chi connectivity index (χ0v) is 15.0. The molecule has 0 atom stereocenters. The predicted octanol–water partition coefficient (Wildman–Crippen LogP) is 3.01. The van der Waals surface area contributed by atoms with Crippen molar-refractivity contribution in [1.29, 1.82) is 0 Å². The molecule has 4 aromatic rings. The lowest BCUT2D eigenvalue weighted by Gasteiger charge is -2.09. The fourth-order valence-electron chi connectivity index (χ4n) is 3.41. The summed E-state index contributed by atoms with van der Waals surface area (Å²) in [5, 5.41) is 3.66. The zero-order valence-electron chi connectivity index (χ0n) is 15.0. The molecular formula is C21H20N4O2. The van der Waals surface area contributed by atoms with Crippen molar-refractivity contribution >= 4 is 27.8 Å². The Kier molecular flexibility index (Phi) is 4.46. The van der Waals surface area contributed by atoms with E-state index in [-0.39, 0.29) is 11.5 Å². The molecule has 2 heterocycles. The number of H-pyrrole nitrogens is 1. The quantitative estimate of drug-likeness (QED) is 0.537. The summed E-state index contributed by atoms with van der Waals surface area (Å²) in [5.74, 6) is 0.729. The van der Waals surface area contributed by atoms with E-state index < -0.39 is 0 Å². The van der Waals surface area contributed by atoms with Gasteiger partial charge in [-0.1, -0.05) is 30.3 Å². The molecule has 1 amide bonds. The van der Waals surface area contributed by atoms with E-state index in [4.69, 9.17) is 0 Å². The van der Waals surface area contributed by atoms with E-state index >= 15 is 0 Å². The van der Waals surface area contributed by atoms with Crippen LogP contribution in [0.5, 0.6) is 0 Å². The van der Waals surface area contributed by atoms with Crippen LogP contribution in [0.15, 0.2) is 59.4 Å². The molecule has 0 fully saturated rings. The van der Waals surface area contributed by atoms with Crippen molar-refractivity contribution in [2.75, 3.05) is 6.54 Å². The van der Waals surface area contributed by atoms with Gasteiger partial charge in [-0.05, 0) is 31.5 Å².